The van der Waals surface area contributed by atoms with Gasteiger partial charge >= 0.3 is 0 Å². The third-order valence-electron chi connectivity index (χ3n) is 3.92. The van der Waals surface area contributed by atoms with E-state index in [0.29, 0.717) is 0 Å². The Morgan fingerprint density at radius 1 is 1.00 bits per heavy atom. The molecule has 3 rings (SSSR count). The molecule has 1 N–H and O–H groups in total. The van der Waals surface area contributed by atoms with Crippen LogP contribution in [0.3, 0.4) is 0 Å². The van der Waals surface area contributed by atoms with Gasteiger partial charge in [-0.2, -0.15) is 5.10 Å². The summed E-state index contributed by atoms with van der Waals surface area (Å²) in [6.45, 7) is 2.52. The van der Waals surface area contributed by atoms with Gasteiger partial charge in [-0.3, -0.25) is 9.59 Å². The van der Waals surface area contributed by atoms with Crippen molar-refractivity contribution in [2.45, 2.75) is 20.0 Å². The molecule has 0 aliphatic rings. The fourth-order valence-corrected chi connectivity index (χ4v) is 2.42. The second kappa shape index (κ2) is 7.74. The monoisotopic (exact) mass is 351 g/mol. The van der Waals surface area contributed by atoms with Gasteiger partial charge in [-0.15, -0.1) is 0 Å². The first kappa shape index (κ1) is 17.5. The van der Waals surface area contributed by atoms with Crippen LogP contribution in [0.15, 0.2) is 65.5 Å². The number of nitrogens with zero attached hydrogens (tertiary/aromatic N) is 2. The second-order valence-electron chi connectivity index (χ2n) is 6.01. The zero-order valence-electron chi connectivity index (χ0n) is 14.3. The maximum absolute atomic E-state index is 12.9. The maximum Gasteiger partial charge on any atom is 0.271 e. The normalized spacial score (nSPS) is 10.5. The van der Waals surface area contributed by atoms with Crippen molar-refractivity contribution >= 4 is 5.91 Å². The molecule has 0 atom stereocenters. The van der Waals surface area contributed by atoms with Crippen LogP contribution in [0, 0.1) is 12.7 Å². The lowest BCUT2D eigenvalue weighted by atomic mass is 10.1. The topological polar surface area (TPSA) is 64.0 Å². The second-order valence-corrected chi connectivity index (χ2v) is 6.01. The summed E-state index contributed by atoms with van der Waals surface area (Å²) >= 11 is 0. The van der Waals surface area contributed by atoms with E-state index in [9.17, 15) is 14.0 Å². The van der Waals surface area contributed by atoms with Gasteiger partial charge in [0, 0.05) is 12.6 Å². The Morgan fingerprint density at radius 2 is 1.65 bits per heavy atom. The van der Waals surface area contributed by atoms with Crippen LogP contribution < -0.4 is 10.9 Å². The van der Waals surface area contributed by atoms with Crippen molar-refractivity contribution in [3.8, 4) is 0 Å². The first-order valence-electron chi connectivity index (χ1n) is 8.17. The summed E-state index contributed by atoms with van der Waals surface area (Å²) in [6.07, 6.45) is 0. The number of aryl methyl sites for hydroxylation is 1. The van der Waals surface area contributed by atoms with Crippen LogP contribution in [0.25, 0.3) is 0 Å². The average Bonchev–Trinajstić information content (AvgIpc) is 2.64. The summed E-state index contributed by atoms with van der Waals surface area (Å²) < 4.78 is 14.2. The SMILES string of the molecule is Cc1ccc(Cn2nc(C(=O)NCc3ccc(F)cc3)ccc2=O)cc1. The summed E-state index contributed by atoms with van der Waals surface area (Å²) in [6, 6.07) is 16.3. The Balaban J connectivity index is 1.71. The number of aromatic nitrogens is 2. The van der Waals surface area contributed by atoms with Crippen molar-refractivity contribution in [2.75, 3.05) is 0 Å². The lowest BCUT2D eigenvalue weighted by molar-refractivity contribution is 0.0943. The molecule has 6 heteroatoms. The Morgan fingerprint density at radius 3 is 2.35 bits per heavy atom. The Kier molecular flexibility index (Phi) is 5.22. The fourth-order valence-electron chi connectivity index (χ4n) is 2.42. The van der Waals surface area contributed by atoms with Gasteiger partial charge < -0.3 is 5.32 Å². The largest absolute Gasteiger partial charge is 0.347 e. The summed E-state index contributed by atoms with van der Waals surface area (Å²) in [4.78, 5) is 24.3. The summed E-state index contributed by atoms with van der Waals surface area (Å²) in [7, 11) is 0. The Hall–Kier alpha value is -3.28. The predicted molar refractivity (Wildman–Crippen MR) is 96.3 cm³/mol. The molecule has 132 valence electrons. The van der Waals surface area contributed by atoms with Gasteiger partial charge in [0.05, 0.1) is 6.54 Å². The van der Waals surface area contributed by atoms with Gasteiger partial charge in [-0.25, -0.2) is 9.07 Å². The van der Waals surface area contributed by atoms with E-state index in [0.717, 1.165) is 16.7 Å². The van der Waals surface area contributed by atoms with Gasteiger partial charge in [-0.05, 0) is 36.2 Å². The molecule has 0 aliphatic heterocycles. The van der Waals surface area contributed by atoms with E-state index < -0.39 is 5.91 Å². The molecule has 2 aromatic carbocycles. The number of benzene rings is 2. The highest BCUT2D eigenvalue weighted by atomic mass is 19.1. The smallest absolute Gasteiger partial charge is 0.271 e. The van der Waals surface area contributed by atoms with Crippen molar-refractivity contribution < 1.29 is 9.18 Å². The standard InChI is InChI=1S/C20H18FN3O2/c1-14-2-4-16(5-3-14)13-24-19(25)11-10-18(23-24)20(26)22-12-15-6-8-17(21)9-7-15/h2-11H,12-13H2,1H3,(H,22,26). The molecule has 0 spiro atoms. The van der Waals surface area contributed by atoms with Gasteiger partial charge in [0.15, 0.2) is 0 Å². The number of hydrogen-bond donors (Lipinski definition) is 1. The molecule has 0 fully saturated rings. The molecular formula is C20H18FN3O2. The molecule has 0 saturated heterocycles. The van der Waals surface area contributed by atoms with Crippen molar-refractivity contribution in [3.63, 3.8) is 0 Å². The molecule has 3 aromatic rings. The first-order valence-corrected chi connectivity index (χ1v) is 8.17. The molecule has 0 bridgehead atoms. The lowest BCUT2D eigenvalue weighted by Gasteiger charge is -2.08. The van der Waals surface area contributed by atoms with Crippen molar-refractivity contribution in [3.05, 3.63) is 99.2 Å². The van der Waals surface area contributed by atoms with E-state index in [1.807, 2.05) is 31.2 Å². The minimum atomic E-state index is -0.396. The van der Waals surface area contributed by atoms with Crippen LogP contribution >= 0.6 is 0 Å². The number of amides is 1. The van der Waals surface area contributed by atoms with Crippen LogP contribution in [0.4, 0.5) is 4.39 Å². The average molecular weight is 351 g/mol. The highest BCUT2D eigenvalue weighted by Crippen LogP contribution is 2.05. The Labute approximate surface area is 150 Å². The molecule has 0 aliphatic carbocycles. The summed E-state index contributed by atoms with van der Waals surface area (Å²) in [5.41, 5.74) is 2.70. The summed E-state index contributed by atoms with van der Waals surface area (Å²) in [5, 5.41) is 6.86. The number of nitrogens with one attached hydrogen (secondary N) is 1. The van der Waals surface area contributed by atoms with Crippen LogP contribution in [0.5, 0.6) is 0 Å². The third-order valence-corrected chi connectivity index (χ3v) is 3.92. The molecule has 0 radical (unpaired) electrons. The zero-order valence-corrected chi connectivity index (χ0v) is 14.3. The molecule has 0 unspecified atom stereocenters. The van der Waals surface area contributed by atoms with Crippen LogP contribution in [-0.2, 0) is 13.1 Å². The number of halogens is 1. The molecule has 1 heterocycles. The molecule has 1 amide bonds. The quantitative estimate of drug-likeness (QED) is 0.769. The van der Waals surface area contributed by atoms with Crippen LogP contribution in [0.1, 0.15) is 27.2 Å². The first-order chi connectivity index (χ1) is 12.5. The number of carbonyl (C=O) groups excluding carboxylic acids is 1. The maximum atomic E-state index is 12.9. The minimum Gasteiger partial charge on any atom is -0.347 e. The molecule has 0 saturated carbocycles. The van der Waals surface area contributed by atoms with E-state index in [4.69, 9.17) is 0 Å². The van der Waals surface area contributed by atoms with Crippen molar-refractivity contribution in [1.29, 1.82) is 0 Å². The van der Waals surface area contributed by atoms with E-state index in [1.54, 1.807) is 12.1 Å². The van der Waals surface area contributed by atoms with Crippen LogP contribution in [-0.4, -0.2) is 15.7 Å². The summed E-state index contributed by atoms with van der Waals surface area (Å²) in [5.74, 6) is -0.725. The lowest BCUT2D eigenvalue weighted by Crippen LogP contribution is -2.29. The zero-order chi connectivity index (χ0) is 18.5. The molecule has 5 nitrogen and oxygen atoms in total. The fraction of sp³-hybridized carbons (Fsp3) is 0.150. The van der Waals surface area contributed by atoms with Crippen LogP contribution in [0.2, 0.25) is 0 Å². The van der Waals surface area contributed by atoms with E-state index in [-0.39, 0.29) is 30.2 Å². The van der Waals surface area contributed by atoms with Crippen molar-refractivity contribution in [1.82, 2.24) is 15.1 Å². The van der Waals surface area contributed by atoms with E-state index in [1.165, 1.54) is 28.9 Å². The Bertz CT molecular complexity index is 964. The van der Waals surface area contributed by atoms with Gasteiger partial charge in [0.2, 0.25) is 0 Å². The van der Waals surface area contributed by atoms with Crippen molar-refractivity contribution in [2.24, 2.45) is 0 Å². The molecular weight excluding hydrogens is 333 g/mol. The van der Waals surface area contributed by atoms with Gasteiger partial charge in [0.25, 0.3) is 11.5 Å². The highest BCUT2D eigenvalue weighted by molar-refractivity contribution is 5.91. The predicted octanol–water partition coefficient (Wildman–Crippen LogP) is 2.67. The molecule has 1 aromatic heterocycles. The van der Waals surface area contributed by atoms with Gasteiger partial charge in [-0.1, -0.05) is 42.0 Å². The molecule has 26 heavy (non-hydrogen) atoms. The number of carbonyl (C=O) groups is 1. The number of hydrogen-bond acceptors (Lipinski definition) is 3. The van der Waals surface area contributed by atoms with E-state index in [2.05, 4.69) is 10.4 Å². The third kappa shape index (κ3) is 4.42. The minimum absolute atomic E-state index is 0.152. The van der Waals surface area contributed by atoms with E-state index >= 15 is 0 Å². The number of rotatable bonds is 5. The highest BCUT2D eigenvalue weighted by Gasteiger charge is 2.10. The van der Waals surface area contributed by atoms with Gasteiger partial charge in [0.1, 0.15) is 11.5 Å².